The molecule has 1 fully saturated rings. The van der Waals surface area contributed by atoms with Crippen molar-refractivity contribution in [3.8, 4) is 11.3 Å². The topological polar surface area (TPSA) is 131 Å². The lowest BCUT2D eigenvalue weighted by Crippen LogP contribution is -2.29. The quantitative estimate of drug-likeness (QED) is 0.389. The number of rotatable bonds is 7. The van der Waals surface area contributed by atoms with Crippen LogP contribution in [-0.4, -0.2) is 38.6 Å². The number of imide groups is 1. The summed E-state index contributed by atoms with van der Waals surface area (Å²) in [6.07, 6.45) is 1.51. The molecule has 1 aromatic heterocycles. The van der Waals surface area contributed by atoms with Crippen LogP contribution in [0.4, 0.5) is 10.5 Å². The molecule has 1 aliphatic heterocycles. The standard InChI is InChI=1S/C20H18N2O7S/c1-11-12(2)15(22(27)28)7-6-14(11)16-8-5-13(29-16)10-17-19(25)21(20(26)30-17)9-3-4-18(23)24/h5-8,10H,3-4,9H2,1-2H3,(H,23,24). The van der Waals surface area contributed by atoms with Crippen molar-refractivity contribution in [2.75, 3.05) is 6.54 Å². The van der Waals surface area contributed by atoms with E-state index in [9.17, 15) is 24.5 Å². The van der Waals surface area contributed by atoms with Gasteiger partial charge in [-0.2, -0.15) is 0 Å². The third-order valence-corrected chi connectivity index (χ3v) is 5.67. The summed E-state index contributed by atoms with van der Waals surface area (Å²) in [4.78, 5) is 46.9. The minimum Gasteiger partial charge on any atom is -0.481 e. The van der Waals surface area contributed by atoms with E-state index in [4.69, 9.17) is 9.52 Å². The van der Waals surface area contributed by atoms with Gasteiger partial charge in [-0.15, -0.1) is 0 Å². The lowest BCUT2D eigenvalue weighted by Gasteiger charge is -2.10. The van der Waals surface area contributed by atoms with Crippen LogP contribution in [0.2, 0.25) is 0 Å². The molecule has 10 heteroatoms. The molecule has 2 aromatic rings. The summed E-state index contributed by atoms with van der Waals surface area (Å²) in [7, 11) is 0. The fourth-order valence-corrected chi connectivity index (χ4v) is 3.90. The normalized spacial score (nSPS) is 15.3. The Bertz CT molecular complexity index is 1090. The number of carboxylic acids is 1. The summed E-state index contributed by atoms with van der Waals surface area (Å²) in [6.45, 7) is 3.47. The Labute approximate surface area is 175 Å². The minimum absolute atomic E-state index is 0.0274. The maximum absolute atomic E-state index is 12.4. The number of aliphatic carboxylic acids is 1. The first-order valence-electron chi connectivity index (χ1n) is 9.01. The van der Waals surface area contributed by atoms with E-state index >= 15 is 0 Å². The number of furan rings is 1. The Kier molecular flexibility index (Phi) is 6.06. The maximum Gasteiger partial charge on any atom is 0.303 e. The summed E-state index contributed by atoms with van der Waals surface area (Å²) in [5, 5.41) is 19.3. The molecule has 156 valence electrons. The number of amides is 2. The van der Waals surface area contributed by atoms with Gasteiger partial charge in [-0.1, -0.05) is 0 Å². The van der Waals surface area contributed by atoms with Gasteiger partial charge in [0.15, 0.2) is 0 Å². The van der Waals surface area contributed by atoms with E-state index in [1.165, 1.54) is 12.1 Å². The molecule has 1 aliphatic rings. The highest BCUT2D eigenvalue weighted by Gasteiger charge is 2.35. The van der Waals surface area contributed by atoms with Gasteiger partial charge in [-0.05, 0) is 55.8 Å². The van der Waals surface area contributed by atoms with Gasteiger partial charge in [-0.3, -0.25) is 29.4 Å². The minimum atomic E-state index is -0.989. The van der Waals surface area contributed by atoms with Crippen molar-refractivity contribution in [3.05, 3.63) is 56.2 Å². The predicted molar refractivity (Wildman–Crippen MR) is 110 cm³/mol. The molecule has 1 aromatic carbocycles. The van der Waals surface area contributed by atoms with Crippen molar-refractivity contribution >= 4 is 40.6 Å². The number of hydrogen-bond acceptors (Lipinski definition) is 7. The van der Waals surface area contributed by atoms with Crippen molar-refractivity contribution in [1.29, 1.82) is 0 Å². The monoisotopic (exact) mass is 430 g/mol. The van der Waals surface area contributed by atoms with Crippen molar-refractivity contribution in [2.24, 2.45) is 0 Å². The molecule has 3 rings (SSSR count). The van der Waals surface area contributed by atoms with Crippen LogP contribution in [0.5, 0.6) is 0 Å². The van der Waals surface area contributed by atoms with Crippen LogP contribution in [0.25, 0.3) is 17.4 Å². The molecule has 0 saturated carbocycles. The van der Waals surface area contributed by atoms with Crippen LogP contribution in [-0.2, 0) is 9.59 Å². The molecule has 1 N–H and O–H groups in total. The fourth-order valence-electron chi connectivity index (χ4n) is 3.06. The first-order valence-corrected chi connectivity index (χ1v) is 9.82. The van der Waals surface area contributed by atoms with Gasteiger partial charge < -0.3 is 9.52 Å². The molecule has 2 amide bonds. The van der Waals surface area contributed by atoms with E-state index in [0.29, 0.717) is 28.2 Å². The third-order valence-electron chi connectivity index (χ3n) is 4.77. The SMILES string of the molecule is Cc1c(-c2ccc(C=C3SC(=O)N(CCCC(=O)O)C3=O)o2)ccc([N+](=O)[O-])c1C. The largest absolute Gasteiger partial charge is 0.481 e. The average molecular weight is 430 g/mol. The molecule has 1 saturated heterocycles. The van der Waals surface area contributed by atoms with Gasteiger partial charge in [0, 0.05) is 36.2 Å². The van der Waals surface area contributed by atoms with E-state index in [1.54, 1.807) is 32.0 Å². The second-order valence-corrected chi connectivity index (χ2v) is 7.67. The number of nitro benzene ring substituents is 1. The molecule has 2 heterocycles. The number of benzene rings is 1. The van der Waals surface area contributed by atoms with Crippen LogP contribution in [0.3, 0.4) is 0 Å². The average Bonchev–Trinajstić information content (AvgIpc) is 3.23. The second-order valence-electron chi connectivity index (χ2n) is 6.67. The molecule has 30 heavy (non-hydrogen) atoms. The number of carbonyl (C=O) groups is 3. The smallest absolute Gasteiger partial charge is 0.303 e. The van der Waals surface area contributed by atoms with Crippen molar-refractivity contribution in [2.45, 2.75) is 26.7 Å². The number of carboxylic acid groups (broad SMARTS) is 1. The van der Waals surface area contributed by atoms with Crippen LogP contribution in [0.15, 0.2) is 33.6 Å². The van der Waals surface area contributed by atoms with E-state index < -0.39 is 22.0 Å². The zero-order valence-corrected chi connectivity index (χ0v) is 17.0. The first kappa shape index (κ1) is 21.3. The molecule has 0 unspecified atom stereocenters. The van der Waals surface area contributed by atoms with Gasteiger partial charge in [0.1, 0.15) is 11.5 Å². The molecule has 0 aliphatic carbocycles. The highest BCUT2D eigenvalue weighted by molar-refractivity contribution is 8.18. The number of nitro groups is 1. The molecular weight excluding hydrogens is 412 g/mol. The van der Waals surface area contributed by atoms with Gasteiger partial charge >= 0.3 is 5.97 Å². The maximum atomic E-state index is 12.4. The van der Waals surface area contributed by atoms with E-state index in [1.807, 2.05) is 0 Å². The summed E-state index contributed by atoms with van der Waals surface area (Å²) in [6, 6.07) is 6.36. The molecule has 0 radical (unpaired) electrons. The molecular formula is C20H18N2O7S. The van der Waals surface area contributed by atoms with Crippen LogP contribution >= 0.6 is 11.8 Å². The Hall–Kier alpha value is -3.40. The fraction of sp³-hybridized carbons (Fsp3) is 0.250. The van der Waals surface area contributed by atoms with Crippen molar-refractivity contribution < 1.29 is 28.8 Å². The number of nitrogens with zero attached hydrogens (tertiary/aromatic N) is 2. The van der Waals surface area contributed by atoms with Crippen LogP contribution in [0, 0.1) is 24.0 Å². The Morgan fingerprint density at radius 1 is 1.23 bits per heavy atom. The van der Waals surface area contributed by atoms with Gasteiger partial charge in [-0.25, -0.2) is 0 Å². The lowest BCUT2D eigenvalue weighted by molar-refractivity contribution is -0.385. The Balaban J connectivity index is 1.80. The van der Waals surface area contributed by atoms with Crippen LogP contribution < -0.4 is 0 Å². The number of thioether (sulfide) groups is 1. The van der Waals surface area contributed by atoms with Gasteiger partial charge in [0.2, 0.25) is 0 Å². The zero-order chi connectivity index (χ0) is 22.0. The summed E-state index contributed by atoms with van der Waals surface area (Å²) in [5.41, 5.74) is 1.97. The number of hydrogen-bond donors (Lipinski definition) is 1. The second kappa shape index (κ2) is 8.54. The van der Waals surface area contributed by atoms with Crippen molar-refractivity contribution in [3.63, 3.8) is 0 Å². The van der Waals surface area contributed by atoms with Gasteiger partial charge in [0.05, 0.1) is 9.83 Å². The van der Waals surface area contributed by atoms with E-state index in [-0.39, 0.29) is 30.0 Å². The molecule has 9 nitrogen and oxygen atoms in total. The zero-order valence-electron chi connectivity index (χ0n) is 16.2. The third kappa shape index (κ3) is 4.28. The Morgan fingerprint density at radius 2 is 1.97 bits per heavy atom. The number of carbonyl (C=O) groups excluding carboxylic acids is 2. The summed E-state index contributed by atoms with van der Waals surface area (Å²) in [5.74, 6) is -0.637. The molecule has 0 atom stereocenters. The Morgan fingerprint density at radius 3 is 2.63 bits per heavy atom. The van der Waals surface area contributed by atoms with E-state index in [2.05, 4.69) is 0 Å². The highest BCUT2D eigenvalue weighted by atomic mass is 32.2. The summed E-state index contributed by atoms with van der Waals surface area (Å²) >= 11 is 0.767. The molecule has 0 bridgehead atoms. The first-order chi connectivity index (χ1) is 14.2. The highest BCUT2D eigenvalue weighted by Crippen LogP contribution is 2.35. The van der Waals surface area contributed by atoms with Crippen molar-refractivity contribution in [1.82, 2.24) is 4.90 Å². The lowest BCUT2D eigenvalue weighted by atomic mass is 10.00. The summed E-state index contributed by atoms with van der Waals surface area (Å²) < 4.78 is 5.78. The molecule has 0 spiro atoms. The predicted octanol–water partition coefficient (Wildman–Crippen LogP) is 4.37. The van der Waals surface area contributed by atoms with Gasteiger partial charge in [0.25, 0.3) is 16.8 Å². The van der Waals surface area contributed by atoms with Crippen LogP contribution in [0.1, 0.15) is 29.7 Å². The van der Waals surface area contributed by atoms with E-state index in [0.717, 1.165) is 16.7 Å².